The van der Waals surface area contributed by atoms with E-state index in [-0.39, 0.29) is 12.1 Å². The van der Waals surface area contributed by atoms with E-state index < -0.39 is 0 Å². The summed E-state index contributed by atoms with van der Waals surface area (Å²) in [5.41, 5.74) is 0. The minimum atomic E-state index is -0.185. The molecule has 24 heavy (non-hydrogen) atoms. The summed E-state index contributed by atoms with van der Waals surface area (Å²) in [5.74, 6) is -0.185. The largest absolute Gasteiger partial charge is 0.469 e. The normalized spacial score (nSPS) is 17.7. The summed E-state index contributed by atoms with van der Waals surface area (Å²) in [7, 11) is 1.43. The molecule has 2 heterocycles. The van der Waals surface area contributed by atoms with E-state index in [4.69, 9.17) is 21.1 Å². The zero-order valence-electron chi connectivity index (χ0n) is 13.8. The van der Waals surface area contributed by atoms with Gasteiger partial charge in [-0.15, -0.1) is 11.3 Å². The van der Waals surface area contributed by atoms with E-state index in [0.717, 1.165) is 47.8 Å². The molecule has 1 saturated heterocycles. The van der Waals surface area contributed by atoms with Crippen LogP contribution in [-0.4, -0.2) is 43.8 Å². The van der Waals surface area contributed by atoms with Gasteiger partial charge in [0.1, 0.15) is 0 Å². The molecule has 1 aliphatic rings. The Labute approximate surface area is 151 Å². The molecule has 0 saturated carbocycles. The van der Waals surface area contributed by atoms with Crippen molar-refractivity contribution in [2.24, 2.45) is 0 Å². The number of carbonyl (C=O) groups is 1. The average molecular weight is 368 g/mol. The zero-order chi connectivity index (χ0) is 16.9. The number of carbonyl (C=O) groups excluding carboxylic acids is 1. The first-order chi connectivity index (χ1) is 11.7. The summed E-state index contributed by atoms with van der Waals surface area (Å²) in [6.07, 6.45) is 2.82. The van der Waals surface area contributed by atoms with E-state index in [2.05, 4.69) is 17.0 Å². The molecule has 4 nitrogen and oxygen atoms in total. The number of nitrogens with zero attached hydrogens (tertiary/aromatic N) is 1. The Bertz CT molecular complexity index is 697. The van der Waals surface area contributed by atoms with Gasteiger partial charge >= 0.3 is 5.97 Å². The highest BCUT2D eigenvalue weighted by Crippen LogP contribution is 2.36. The monoisotopic (exact) mass is 367 g/mol. The predicted molar refractivity (Wildman–Crippen MR) is 97.7 cm³/mol. The van der Waals surface area contributed by atoms with Crippen LogP contribution in [0.1, 0.15) is 24.1 Å². The number of methoxy groups -OCH3 is 1. The number of ether oxygens (including phenoxy) is 2. The Morgan fingerprint density at radius 3 is 3.00 bits per heavy atom. The van der Waals surface area contributed by atoms with Crippen LogP contribution in [-0.2, 0) is 20.8 Å². The van der Waals surface area contributed by atoms with E-state index in [1.54, 1.807) is 11.3 Å². The first kappa shape index (κ1) is 17.7. The molecule has 0 radical (unpaired) electrons. The second-order valence-electron chi connectivity index (χ2n) is 6.03. The van der Waals surface area contributed by atoms with Crippen molar-refractivity contribution in [1.29, 1.82) is 0 Å². The van der Waals surface area contributed by atoms with Crippen LogP contribution in [0.25, 0.3) is 10.1 Å². The fourth-order valence-corrected chi connectivity index (χ4v) is 4.57. The Hall–Kier alpha value is -1.14. The molecule has 2 aromatic rings. The lowest BCUT2D eigenvalue weighted by Crippen LogP contribution is -2.33. The fourth-order valence-electron chi connectivity index (χ4n) is 3.03. The van der Waals surface area contributed by atoms with Crippen molar-refractivity contribution >= 4 is 39.0 Å². The Morgan fingerprint density at radius 2 is 2.29 bits per heavy atom. The SMILES string of the molecule is COC(=O)CCN(Cc1sc2ccccc2c1Cl)CC1CCCO1. The molecule has 0 bridgehead atoms. The van der Waals surface area contributed by atoms with Crippen LogP contribution < -0.4 is 0 Å². The van der Waals surface area contributed by atoms with Crippen LogP contribution in [0.2, 0.25) is 5.02 Å². The van der Waals surface area contributed by atoms with Gasteiger partial charge in [-0.2, -0.15) is 0 Å². The van der Waals surface area contributed by atoms with Gasteiger partial charge in [-0.1, -0.05) is 29.8 Å². The molecule has 1 atom stereocenters. The smallest absolute Gasteiger partial charge is 0.306 e. The lowest BCUT2D eigenvalue weighted by molar-refractivity contribution is -0.141. The quantitative estimate of drug-likeness (QED) is 0.690. The van der Waals surface area contributed by atoms with Crippen molar-refractivity contribution in [3.05, 3.63) is 34.2 Å². The molecule has 6 heteroatoms. The zero-order valence-corrected chi connectivity index (χ0v) is 15.4. The van der Waals surface area contributed by atoms with Gasteiger partial charge in [0.2, 0.25) is 0 Å². The lowest BCUT2D eigenvalue weighted by atomic mass is 10.2. The number of hydrogen-bond acceptors (Lipinski definition) is 5. The summed E-state index contributed by atoms with van der Waals surface area (Å²) in [5, 5.41) is 1.93. The maximum Gasteiger partial charge on any atom is 0.306 e. The summed E-state index contributed by atoms with van der Waals surface area (Å²) in [6.45, 7) is 3.03. The number of benzene rings is 1. The highest BCUT2D eigenvalue weighted by Gasteiger charge is 2.21. The Morgan fingerprint density at radius 1 is 1.46 bits per heavy atom. The summed E-state index contributed by atoms with van der Waals surface area (Å²) < 4.78 is 11.7. The first-order valence-electron chi connectivity index (χ1n) is 8.24. The van der Waals surface area contributed by atoms with E-state index >= 15 is 0 Å². The van der Waals surface area contributed by atoms with Crippen molar-refractivity contribution in [1.82, 2.24) is 4.90 Å². The number of halogens is 1. The van der Waals surface area contributed by atoms with Crippen LogP contribution in [0.4, 0.5) is 0 Å². The Kier molecular flexibility index (Phi) is 6.11. The molecule has 1 aromatic carbocycles. The van der Waals surface area contributed by atoms with Gasteiger partial charge in [0.25, 0.3) is 0 Å². The summed E-state index contributed by atoms with van der Waals surface area (Å²) >= 11 is 8.29. The third kappa shape index (κ3) is 4.28. The number of esters is 1. The van der Waals surface area contributed by atoms with Gasteiger partial charge in [-0.25, -0.2) is 0 Å². The second kappa shape index (κ2) is 8.30. The molecule has 0 amide bonds. The molecule has 130 valence electrons. The third-order valence-corrected chi connectivity index (χ3v) is 6.01. The minimum absolute atomic E-state index is 0.185. The molecule has 1 fully saturated rings. The molecule has 1 aromatic heterocycles. The van der Waals surface area contributed by atoms with Gasteiger partial charge in [0, 0.05) is 41.2 Å². The molecule has 1 unspecified atom stereocenters. The number of rotatable bonds is 7. The van der Waals surface area contributed by atoms with E-state index in [0.29, 0.717) is 13.0 Å². The fraction of sp³-hybridized carbons (Fsp3) is 0.500. The summed E-state index contributed by atoms with van der Waals surface area (Å²) in [4.78, 5) is 14.9. The van der Waals surface area contributed by atoms with Gasteiger partial charge in [0.05, 0.1) is 24.7 Å². The van der Waals surface area contributed by atoms with Crippen LogP contribution in [0.3, 0.4) is 0 Å². The molecule has 0 spiro atoms. The van der Waals surface area contributed by atoms with E-state index in [1.165, 1.54) is 11.8 Å². The van der Waals surface area contributed by atoms with Crippen LogP contribution in [0.5, 0.6) is 0 Å². The van der Waals surface area contributed by atoms with Crippen molar-refractivity contribution in [3.8, 4) is 0 Å². The van der Waals surface area contributed by atoms with E-state index in [9.17, 15) is 4.79 Å². The van der Waals surface area contributed by atoms with Crippen LogP contribution in [0, 0.1) is 0 Å². The molecule has 1 aliphatic heterocycles. The topological polar surface area (TPSA) is 38.8 Å². The van der Waals surface area contributed by atoms with Crippen molar-refractivity contribution < 1.29 is 14.3 Å². The number of hydrogen-bond donors (Lipinski definition) is 0. The number of thiophene rings is 1. The van der Waals surface area contributed by atoms with Crippen molar-refractivity contribution in [2.75, 3.05) is 26.8 Å². The number of fused-ring (bicyclic) bond motifs is 1. The molecular weight excluding hydrogens is 346 g/mol. The molecular formula is C18H22ClNO3S. The van der Waals surface area contributed by atoms with E-state index in [1.807, 2.05) is 12.1 Å². The van der Waals surface area contributed by atoms with Crippen molar-refractivity contribution in [2.45, 2.75) is 31.9 Å². The summed E-state index contributed by atoms with van der Waals surface area (Å²) in [6, 6.07) is 8.18. The molecule has 0 N–H and O–H groups in total. The van der Waals surface area contributed by atoms with Crippen LogP contribution in [0.15, 0.2) is 24.3 Å². The predicted octanol–water partition coefficient (Wildman–Crippen LogP) is 4.10. The second-order valence-corrected chi connectivity index (χ2v) is 7.55. The molecule has 3 rings (SSSR count). The minimum Gasteiger partial charge on any atom is -0.469 e. The average Bonchev–Trinajstić information content (AvgIpc) is 3.21. The van der Waals surface area contributed by atoms with Crippen molar-refractivity contribution in [3.63, 3.8) is 0 Å². The van der Waals surface area contributed by atoms with Gasteiger partial charge in [-0.05, 0) is 18.9 Å². The maximum absolute atomic E-state index is 11.5. The first-order valence-corrected chi connectivity index (χ1v) is 9.43. The standard InChI is InChI=1S/C18H22ClNO3S/c1-22-17(21)8-9-20(11-13-5-4-10-23-13)12-16-18(19)14-6-2-3-7-15(14)24-16/h2-3,6-7,13H,4-5,8-12H2,1H3. The highest BCUT2D eigenvalue weighted by molar-refractivity contribution is 7.19. The van der Waals surface area contributed by atoms with Gasteiger partial charge < -0.3 is 9.47 Å². The van der Waals surface area contributed by atoms with Gasteiger partial charge in [-0.3, -0.25) is 9.69 Å². The third-order valence-electron chi connectivity index (χ3n) is 4.31. The highest BCUT2D eigenvalue weighted by atomic mass is 35.5. The molecule has 0 aliphatic carbocycles. The lowest BCUT2D eigenvalue weighted by Gasteiger charge is -2.24. The Balaban J connectivity index is 1.73. The maximum atomic E-state index is 11.5. The van der Waals surface area contributed by atoms with Gasteiger partial charge in [0.15, 0.2) is 0 Å². The van der Waals surface area contributed by atoms with Crippen LogP contribution >= 0.6 is 22.9 Å².